The quantitative estimate of drug-likeness (QED) is 0.476. The van der Waals surface area contributed by atoms with Crippen LogP contribution in [0.4, 0.5) is 11.4 Å². The molecule has 142 valence electrons. The number of anilines is 2. The zero-order valence-electron chi connectivity index (χ0n) is 15.5. The Kier molecular flexibility index (Phi) is 5.21. The molecule has 2 amide bonds. The van der Waals surface area contributed by atoms with E-state index in [0.29, 0.717) is 17.1 Å². The largest absolute Gasteiger partial charge is 0.457 e. The van der Waals surface area contributed by atoms with E-state index in [1.54, 1.807) is 30.3 Å². The van der Waals surface area contributed by atoms with Crippen molar-refractivity contribution in [3.8, 4) is 11.5 Å². The van der Waals surface area contributed by atoms with Gasteiger partial charge in [-0.1, -0.05) is 48.5 Å². The van der Waals surface area contributed by atoms with Crippen molar-refractivity contribution in [2.45, 2.75) is 0 Å². The third-order valence-electron chi connectivity index (χ3n) is 4.30. The maximum Gasteiger partial charge on any atom is 0.314 e. The van der Waals surface area contributed by atoms with Gasteiger partial charge in [-0.2, -0.15) is 0 Å². The predicted molar refractivity (Wildman–Crippen MR) is 114 cm³/mol. The number of hydrogen-bond acceptors (Lipinski definition) is 3. The van der Waals surface area contributed by atoms with Gasteiger partial charge in [-0.15, -0.1) is 0 Å². The number of hydrogen-bond donors (Lipinski definition) is 2. The van der Waals surface area contributed by atoms with Gasteiger partial charge in [0.25, 0.3) is 0 Å². The first-order valence-corrected chi connectivity index (χ1v) is 9.11. The van der Waals surface area contributed by atoms with Crippen molar-refractivity contribution in [1.29, 1.82) is 0 Å². The monoisotopic (exact) mass is 382 g/mol. The Morgan fingerprint density at radius 2 is 1.10 bits per heavy atom. The number of para-hydroxylation sites is 1. The van der Waals surface area contributed by atoms with Crippen molar-refractivity contribution in [2.75, 3.05) is 10.6 Å². The molecule has 4 aromatic rings. The minimum Gasteiger partial charge on any atom is -0.457 e. The molecule has 4 aromatic carbocycles. The van der Waals surface area contributed by atoms with Crippen LogP contribution < -0.4 is 15.4 Å². The molecule has 0 radical (unpaired) electrons. The van der Waals surface area contributed by atoms with Crippen LogP contribution >= 0.6 is 0 Å². The highest BCUT2D eigenvalue weighted by Crippen LogP contribution is 2.23. The lowest BCUT2D eigenvalue weighted by atomic mass is 10.1. The van der Waals surface area contributed by atoms with Crippen LogP contribution in [0.1, 0.15) is 0 Å². The van der Waals surface area contributed by atoms with Crippen molar-refractivity contribution < 1.29 is 14.3 Å². The molecule has 0 aromatic heterocycles. The summed E-state index contributed by atoms with van der Waals surface area (Å²) in [6.07, 6.45) is 0. The van der Waals surface area contributed by atoms with Crippen LogP contribution in [-0.2, 0) is 9.59 Å². The molecule has 0 spiro atoms. The number of carbonyl (C=O) groups is 2. The minimum atomic E-state index is -0.741. The van der Waals surface area contributed by atoms with Gasteiger partial charge in [0.2, 0.25) is 0 Å². The molecule has 4 rings (SSSR count). The second-order valence-corrected chi connectivity index (χ2v) is 6.41. The van der Waals surface area contributed by atoms with E-state index in [1.807, 2.05) is 66.7 Å². The number of fused-ring (bicyclic) bond motifs is 1. The van der Waals surface area contributed by atoms with Crippen molar-refractivity contribution >= 4 is 34.0 Å². The van der Waals surface area contributed by atoms with Gasteiger partial charge < -0.3 is 15.4 Å². The summed E-state index contributed by atoms with van der Waals surface area (Å²) >= 11 is 0. The number of benzene rings is 4. The Hall–Kier alpha value is -4.12. The third-order valence-corrected chi connectivity index (χ3v) is 4.30. The number of nitrogens with one attached hydrogen (secondary N) is 2. The van der Waals surface area contributed by atoms with E-state index in [0.717, 1.165) is 16.5 Å². The summed E-state index contributed by atoms with van der Waals surface area (Å²) in [6.45, 7) is 0. The molecular weight excluding hydrogens is 364 g/mol. The van der Waals surface area contributed by atoms with Gasteiger partial charge in [0, 0.05) is 11.4 Å². The van der Waals surface area contributed by atoms with Crippen LogP contribution in [0.5, 0.6) is 11.5 Å². The first kappa shape index (κ1) is 18.3. The zero-order valence-corrected chi connectivity index (χ0v) is 15.5. The molecule has 0 saturated carbocycles. The maximum absolute atomic E-state index is 12.2. The lowest BCUT2D eigenvalue weighted by Crippen LogP contribution is -2.29. The predicted octanol–water partition coefficient (Wildman–Crippen LogP) is 5.21. The van der Waals surface area contributed by atoms with Gasteiger partial charge >= 0.3 is 11.8 Å². The second kappa shape index (κ2) is 8.27. The summed E-state index contributed by atoms with van der Waals surface area (Å²) in [5.74, 6) is -0.117. The van der Waals surface area contributed by atoms with E-state index < -0.39 is 11.8 Å². The average molecular weight is 382 g/mol. The molecule has 0 fully saturated rings. The second-order valence-electron chi connectivity index (χ2n) is 6.41. The topological polar surface area (TPSA) is 67.4 Å². The van der Waals surface area contributed by atoms with Gasteiger partial charge in [-0.25, -0.2) is 0 Å². The molecule has 0 aliphatic heterocycles. The van der Waals surface area contributed by atoms with E-state index in [-0.39, 0.29) is 0 Å². The average Bonchev–Trinajstić information content (AvgIpc) is 2.76. The molecule has 0 saturated heterocycles. The summed E-state index contributed by atoms with van der Waals surface area (Å²) < 4.78 is 5.71. The molecule has 0 bridgehead atoms. The van der Waals surface area contributed by atoms with Crippen LogP contribution in [-0.4, -0.2) is 11.8 Å². The summed E-state index contributed by atoms with van der Waals surface area (Å²) in [7, 11) is 0. The van der Waals surface area contributed by atoms with Gasteiger partial charge in [-0.05, 0) is 59.3 Å². The standard InChI is InChI=1S/C24H18N2O3/c27-23(24(28)26-20-11-10-17-6-4-5-7-18(17)16-20)25-19-12-14-22(15-13-19)29-21-8-2-1-3-9-21/h1-16H,(H,25,27)(H,26,28). The summed E-state index contributed by atoms with van der Waals surface area (Å²) in [6, 6.07) is 29.5. The number of amides is 2. The highest BCUT2D eigenvalue weighted by atomic mass is 16.5. The van der Waals surface area contributed by atoms with Crippen molar-refractivity contribution in [2.24, 2.45) is 0 Å². The Balaban J connectivity index is 1.37. The van der Waals surface area contributed by atoms with E-state index >= 15 is 0 Å². The summed E-state index contributed by atoms with van der Waals surface area (Å²) in [5, 5.41) is 7.25. The highest BCUT2D eigenvalue weighted by Gasteiger charge is 2.14. The van der Waals surface area contributed by atoms with Gasteiger partial charge in [-0.3, -0.25) is 9.59 Å². The minimum absolute atomic E-state index is 0.504. The molecule has 0 heterocycles. The van der Waals surface area contributed by atoms with E-state index in [2.05, 4.69) is 10.6 Å². The molecule has 2 N–H and O–H groups in total. The van der Waals surface area contributed by atoms with Crippen LogP contribution in [0.3, 0.4) is 0 Å². The first-order chi connectivity index (χ1) is 14.2. The smallest absolute Gasteiger partial charge is 0.314 e. The van der Waals surface area contributed by atoms with Crippen LogP contribution in [0, 0.1) is 0 Å². The lowest BCUT2D eigenvalue weighted by molar-refractivity contribution is -0.132. The fourth-order valence-corrected chi connectivity index (χ4v) is 2.87. The lowest BCUT2D eigenvalue weighted by Gasteiger charge is -2.09. The molecule has 29 heavy (non-hydrogen) atoms. The van der Waals surface area contributed by atoms with E-state index in [9.17, 15) is 9.59 Å². The molecule has 0 aliphatic rings. The number of rotatable bonds is 4. The van der Waals surface area contributed by atoms with E-state index in [4.69, 9.17) is 4.74 Å². The fourth-order valence-electron chi connectivity index (χ4n) is 2.87. The zero-order chi connectivity index (χ0) is 20.1. The van der Waals surface area contributed by atoms with Gasteiger partial charge in [0.15, 0.2) is 0 Å². The molecular formula is C24H18N2O3. The molecule has 0 atom stereocenters. The number of ether oxygens (including phenoxy) is 1. The summed E-state index contributed by atoms with van der Waals surface area (Å²) in [5.41, 5.74) is 1.07. The Bertz CT molecular complexity index is 1160. The van der Waals surface area contributed by atoms with Crippen LogP contribution in [0.25, 0.3) is 10.8 Å². The Morgan fingerprint density at radius 1 is 0.552 bits per heavy atom. The van der Waals surface area contributed by atoms with Crippen molar-refractivity contribution in [3.63, 3.8) is 0 Å². The molecule has 0 aliphatic carbocycles. The maximum atomic E-state index is 12.2. The normalized spacial score (nSPS) is 10.3. The highest BCUT2D eigenvalue weighted by molar-refractivity contribution is 6.43. The third kappa shape index (κ3) is 4.59. The molecule has 5 nitrogen and oxygen atoms in total. The SMILES string of the molecule is O=C(Nc1ccc(Oc2ccccc2)cc1)C(=O)Nc1ccc2ccccc2c1. The molecule has 5 heteroatoms. The first-order valence-electron chi connectivity index (χ1n) is 9.11. The van der Waals surface area contributed by atoms with Crippen molar-refractivity contribution in [3.05, 3.63) is 97.1 Å². The van der Waals surface area contributed by atoms with Crippen LogP contribution in [0.15, 0.2) is 97.1 Å². The Morgan fingerprint density at radius 3 is 1.83 bits per heavy atom. The summed E-state index contributed by atoms with van der Waals surface area (Å²) in [4.78, 5) is 24.4. The fraction of sp³-hybridized carbons (Fsp3) is 0. The Labute approximate surface area is 167 Å². The van der Waals surface area contributed by atoms with Gasteiger partial charge in [0.05, 0.1) is 0 Å². The number of carbonyl (C=O) groups excluding carboxylic acids is 2. The van der Waals surface area contributed by atoms with Crippen LogP contribution in [0.2, 0.25) is 0 Å². The van der Waals surface area contributed by atoms with Gasteiger partial charge in [0.1, 0.15) is 11.5 Å². The molecule has 0 unspecified atom stereocenters. The van der Waals surface area contributed by atoms with Crippen molar-refractivity contribution in [1.82, 2.24) is 0 Å². The van der Waals surface area contributed by atoms with E-state index in [1.165, 1.54) is 0 Å².